The van der Waals surface area contributed by atoms with Crippen LogP contribution >= 0.6 is 0 Å². The summed E-state index contributed by atoms with van der Waals surface area (Å²) in [7, 11) is 0. The Balaban J connectivity index is 1.12. The van der Waals surface area contributed by atoms with Gasteiger partial charge < -0.3 is 0 Å². The minimum absolute atomic E-state index is 1.06. The molecule has 0 saturated heterocycles. The molecule has 0 aliphatic rings. The van der Waals surface area contributed by atoms with Crippen LogP contribution in [-0.2, 0) is 12.8 Å². The van der Waals surface area contributed by atoms with Gasteiger partial charge in [0.05, 0.1) is 0 Å². The Morgan fingerprint density at radius 1 is 0.266 bits per heavy atom. The summed E-state index contributed by atoms with van der Waals surface area (Å²) in [6, 6.07) is 73.2. The van der Waals surface area contributed by atoms with Crippen molar-refractivity contribution in [1.29, 1.82) is 0 Å². The van der Waals surface area contributed by atoms with Crippen LogP contribution in [0.25, 0.3) is 98.7 Å². The second kappa shape index (κ2) is 18.9. The van der Waals surface area contributed by atoms with Crippen molar-refractivity contribution in [2.45, 2.75) is 78.1 Å². The quantitative estimate of drug-likeness (QED) is 0.0903. The van der Waals surface area contributed by atoms with Crippen LogP contribution in [0, 0.1) is 0 Å². The molecule has 0 radical (unpaired) electrons. The van der Waals surface area contributed by atoms with E-state index in [0.717, 1.165) is 12.8 Å². The van der Waals surface area contributed by atoms with Crippen molar-refractivity contribution in [3.05, 3.63) is 205 Å². The molecule has 0 spiro atoms. The zero-order chi connectivity index (χ0) is 43.2. The molecule has 0 aromatic heterocycles. The fourth-order valence-corrected chi connectivity index (χ4v) is 10.2. The van der Waals surface area contributed by atoms with Gasteiger partial charge in [-0.05, 0) is 160 Å². The Morgan fingerprint density at radius 2 is 0.609 bits per heavy atom. The highest BCUT2D eigenvalue weighted by Gasteiger charge is 2.22. The number of unbranched alkanes of at least 4 members (excludes halogenated alkanes) is 6. The first kappa shape index (κ1) is 41.3. The van der Waals surface area contributed by atoms with E-state index in [9.17, 15) is 0 Å². The predicted molar refractivity (Wildman–Crippen MR) is 279 cm³/mol. The highest BCUT2D eigenvalue weighted by Crippen LogP contribution is 2.46. The minimum atomic E-state index is 1.06. The van der Waals surface area contributed by atoms with Gasteiger partial charge in [-0.15, -0.1) is 0 Å². The zero-order valence-corrected chi connectivity index (χ0v) is 37.5. The number of rotatable bonds is 15. The van der Waals surface area contributed by atoms with Gasteiger partial charge in [0, 0.05) is 0 Å². The molecule has 10 rings (SSSR count). The zero-order valence-electron chi connectivity index (χ0n) is 37.5. The SMILES string of the molecule is CCCCCCc1cc(-c2ccc(-c3ccc4ccccc4c3)cc2)c2ccccc2c1-c1c(CCCCCC)cc(-c2ccc(-c3ccc4ccccc4c3)cc2)c2ccccc12. The topological polar surface area (TPSA) is 0 Å². The summed E-state index contributed by atoms with van der Waals surface area (Å²) >= 11 is 0. The molecule has 0 heteroatoms. The average Bonchev–Trinajstić information content (AvgIpc) is 3.36. The summed E-state index contributed by atoms with van der Waals surface area (Å²) in [4.78, 5) is 0. The van der Waals surface area contributed by atoms with E-state index in [1.54, 1.807) is 0 Å². The second-order valence-corrected chi connectivity index (χ2v) is 17.9. The molecule has 10 aromatic carbocycles. The minimum Gasteiger partial charge on any atom is -0.0654 e. The average molecular weight is 827 g/mol. The lowest BCUT2D eigenvalue weighted by molar-refractivity contribution is 0.666. The maximum Gasteiger partial charge on any atom is -0.00639 e. The maximum atomic E-state index is 2.57. The molecule has 0 fully saturated rings. The number of aryl methyl sites for hydroxylation is 2. The van der Waals surface area contributed by atoms with Gasteiger partial charge in [0.25, 0.3) is 0 Å². The number of hydrogen-bond acceptors (Lipinski definition) is 0. The first-order chi connectivity index (χ1) is 31.7. The molecule has 0 aliphatic heterocycles. The molecule has 64 heavy (non-hydrogen) atoms. The fourth-order valence-electron chi connectivity index (χ4n) is 10.2. The Labute approximate surface area is 380 Å². The van der Waals surface area contributed by atoms with Gasteiger partial charge in [-0.25, -0.2) is 0 Å². The lowest BCUT2D eigenvalue weighted by atomic mass is 9.80. The highest BCUT2D eigenvalue weighted by molar-refractivity contribution is 6.14. The largest absolute Gasteiger partial charge is 0.0654 e. The molecule has 0 N–H and O–H groups in total. The lowest BCUT2D eigenvalue weighted by Crippen LogP contribution is -2.01. The van der Waals surface area contributed by atoms with E-state index >= 15 is 0 Å². The van der Waals surface area contributed by atoms with Gasteiger partial charge in [0.15, 0.2) is 0 Å². The van der Waals surface area contributed by atoms with Crippen molar-refractivity contribution in [2.24, 2.45) is 0 Å². The summed E-state index contributed by atoms with van der Waals surface area (Å²) in [5.41, 5.74) is 16.0. The van der Waals surface area contributed by atoms with Crippen molar-refractivity contribution >= 4 is 43.1 Å². The van der Waals surface area contributed by atoms with Gasteiger partial charge >= 0.3 is 0 Å². The number of benzene rings is 10. The normalized spacial score (nSPS) is 11.6. The molecule has 0 bridgehead atoms. The van der Waals surface area contributed by atoms with Crippen molar-refractivity contribution in [1.82, 2.24) is 0 Å². The smallest absolute Gasteiger partial charge is 0.00639 e. The molecule has 0 amide bonds. The third-order valence-corrected chi connectivity index (χ3v) is 13.7. The van der Waals surface area contributed by atoms with Crippen LogP contribution in [0.15, 0.2) is 194 Å². The van der Waals surface area contributed by atoms with Crippen LogP contribution in [-0.4, -0.2) is 0 Å². The second-order valence-electron chi connectivity index (χ2n) is 17.9. The molecule has 10 aromatic rings. The molecule has 0 aliphatic carbocycles. The van der Waals surface area contributed by atoms with Gasteiger partial charge in [0.2, 0.25) is 0 Å². The van der Waals surface area contributed by atoms with E-state index in [-0.39, 0.29) is 0 Å². The van der Waals surface area contributed by atoms with Crippen LogP contribution in [0.1, 0.15) is 76.3 Å². The molecular weight excluding hydrogens is 769 g/mol. The van der Waals surface area contributed by atoms with E-state index in [2.05, 4.69) is 208 Å². The molecule has 0 unspecified atom stereocenters. The Hall–Kier alpha value is -6.76. The Morgan fingerprint density at radius 3 is 1.02 bits per heavy atom. The van der Waals surface area contributed by atoms with Crippen molar-refractivity contribution in [2.75, 3.05) is 0 Å². The Bertz CT molecular complexity index is 3000. The van der Waals surface area contributed by atoms with E-state index < -0.39 is 0 Å². The van der Waals surface area contributed by atoms with Crippen molar-refractivity contribution in [3.63, 3.8) is 0 Å². The summed E-state index contributed by atoms with van der Waals surface area (Å²) in [5, 5.41) is 10.5. The van der Waals surface area contributed by atoms with Crippen LogP contribution in [0.2, 0.25) is 0 Å². The van der Waals surface area contributed by atoms with Crippen LogP contribution in [0.3, 0.4) is 0 Å². The van der Waals surface area contributed by atoms with Crippen molar-refractivity contribution in [3.8, 4) is 55.6 Å². The summed E-state index contributed by atoms with van der Waals surface area (Å²) in [6.45, 7) is 4.63. The first-order valence-electron chi connectivity index (χ1n) is 24.0. The van der Waals surface area contributed by atoms with Crippen molar-refractivity contribution < 1.29 is 0 Å². The third-order valence-electron chi connectivity index (χ3n) is 13.7. The molecule has 0 heterocycles. The van der Waals surface area contributed by atoms with E-state index in [0.29, 0.717) is 0 Å². The first-order valence-corrected chi connectivity index (χ1v) is 24.0. The molecule has 314 valence electrons. The fraction of sp³-hybridized carbons (Fsp3) is 0.188. The van der Waals surface area contributed by atoms with E-state index in [1.807, 2.05) is 0 Å². The van der Waals surface area contributed by atoms with Crippen LogP contribution in [0.4, 0.5) is 0 Å². The van der Waals surface area contributed by atoms with Crippen LogP contribution < -0.4 is 0 Å². The predicted octanol–water partition coefficient (Wildman–Crippen LogP) is 18.9. The van der Waals surface area contributed by atoms with E-state index in [1.165, 1.54) is 161 Å². The van der Waals surface area contributed by atoms with Gasteiger partial charge in [-0.3, -0.25) is 0 Å². The number of hydrogen-bond donors (Lipinski definition) is 0. The molecule has 0 atom stereocenters. The molecular formula is C64H58. The lowest BCUT2D eigenvalue weighted by Gasteiger charge is -2.23. The highest BCUT2D eigenvalue weighted by atomic mass is 14.3. The van der Waals surface area contributed by atoms with Gasteiger partial charge in [-0.2, -0.15) is 0 Å². The summed E-state index contributed by atoms with van der Waals surface area (Å²) < 4.78 is 0. The summed E-state index contributed by atoms with van der Waals surface area (Å²) in [5.74, 6) is 0. The standard InChI is InChI=1S/C64H58/c1-3-5-7-9-23-55-43-61(49-35-29-47(30-36-49)53-39-33-45-19-11-13-21-51(45)41-53)57-25-15-17-27-59(57)63(55)64-56(24-10-8-6-4-2)44-62(58-26-16-18-28-60(58)64)50-37-31-48(32-38-50)54-40-34-46-20-12-14-22-52(46)42-54/h11-22,25-44H,3-10,23-24H2,1-2H3. The number of fused-ring (bicyclic) bond motifs is 4. The summed E-state index contributed by atoms with van der Waals surface area (Å²) in [6.07, 6.45) is 12.0. The molecule has 0 saturated carbocycles. The van der Waals surface area contributed by atoms with Gasteiger partial charge in [-0.1, -0.05) is 222 Å². The monoisotopic (exact) mass is 826 g/mol. The van der Waals surface area contributed by atoms with Gasteiger partial charge in [0.1, 0.15) is 0 Å². The molecule has 0 nitrogen and oxygen atoms in total. The maximum absolute atomic E-state index is 2.57. The Kier molecular flexibility index (Phi) is 12.2. The third kappa shape index (κ3) is 8.38. The van der Waals surface area contributed by atoms with E-state index in [4.69, 9.17) is 0 Å². The van der Waals surface area contributed by atoms with Crippen LogP contribution in [0.5, 0.6) is 0 Å².